The molecule has 238 valence electrons. The van der Waals surface area contributed by atoms with Crippen LogP contribution in [0.25, 0.3) is 0 Å². The zero-order valence-corrected chi connectivity index (χ0v) is 26.2. The summed E-state index contributed by atoms with van der Waals surface area (Å²) in [6.07, 6.45) is 3.68. The van der Waals surface area contributed by atoms with E-state index in [1.807, 2.05) is 44.2 Å². The molecule has 0 aliphatic carbocycles. The van der Waals surface area contributed by atoms with E-state index >= 15 is 0 Å². The van der Waals surface area contributed by atoms with Crippen LogP contribution in [0.1, 0.15) is 73.5 Å². The van der Waals surface area contributed by atoms with Crippen molar-refractivity contribution in [3.05, 3.63) is 71.0 Å². The number of carbonyl (C=O) groups is 4. The Morgan fingerprint density at radius 2 is 1.77 bits per heavy atom. The fourth-order valence-electron chi connectivity index (χ4n) is 6.36. The predicted molar refractivity (Wildman–Crippen MR) is 168 cm³/mol. The van der Waals surface area contributed by atoms with E-state index in [0.717, 1.165) is 17.5 Å². The highest BCUT2D eigenvalue weighted by Crippen LogP contribution is 2.28. The van der Waals surface area contributed by atoms with Crippen LogP contribution in [0.4, 0.5) is 4.39 Å². The molecule has 2 aromatic carbocycles. The molecule has 3 N–H and O–H groups in total. The Hall–Kier alpha value is -3.50. The number of rotatable bonds is 3. The van der Waals surface area contributed by atoms with Crippen LogP contribution in [0.3, 0.4) is 0 Å². The minimum absolute atomic E-state index is 0. The second-order valence-electron chi connectivity index (χ2n) is 12.3. The minimum atomic E-state index is -0.733. The number of halogens is 2. The molecule has 3 aliphatic heterocycles. The van der Waals surface area contributed by atoms with E-state index in [2.05, 4.69) is 16.0 Å². The molecule has 4 atom stereocenters. The van der Waals surface area contributed by atoms with Crippen molar-refractivity contribution in [1.29, 1.82) is 0 Å². The second-order valence-corrected chi connectivity index (χ2v) is 12.3. The first kappa shape index (κ1) is 33.4. The minimum Gasteiger partial charge on any atom is -0.355 e. The molecule has 2 bridgehead atoms. The molecule has 44 heavy (non-hydrogen) atoms. The molecule has 11 heteroatoms. The van der Waals surface area contributed by atoms with Gasteiger partial charge in [0.2, 0.25) is 17.7 Å². The van der Waals surface area contributed by atoms with Crippen LogP contribution >= 0.6 is 12.4 Å². The number of hydrogen-bond donors (Lipinski definition) is 3. The fourth-order valence-corrected chi connectivity index (χ4v) is 6.36. The molecule has 3 aliphatic rings. The molecule has 0 saturated carbocycles. The summed E-state index contributed by atoms with van der Waals surface area (Å²) in [5, 5.41) is 9.44. The fraction of sp³-hybridized carbons (Fsp3) is 0.515. The number of nitrogens with zero attached hydrogens (tertiary/aromatic N) is 2. The maximum absolute atomic E-state index is 14.8. The molecular formula is C33H43ClFN5O4. The lowest BCUT2D eigenvalue weighted by atomic mass is 10.0. The zero-order chi connectivity index (χ0) is 30.5. The molecule has 9 nitrogen and oxygen atoms in total. The summed E-state index contributed by atoms with van der Waals surface area (Å²) in [6, 6.07) is 12.9. The Labute approximate surface area is 264 Å². The van der Waals surface area contributed by atoms with Crippen LogP contribution in [-0.4, -0.2) is 77.7 Å². The van der Waals surface area contributed by atoms with Crippen molar-refractivity contribution in [3.63, 3.8) is 0 Å². The van der Waals surface area contributed by atoms with Crippen LogP contribution in [0.15, 0.2) is 48.5 Å². The number of fused-ring (bicyclic) bond motifs is 3. The largest absolute Gasteiger partial charge is 0.355 e. The standard InChI is InChI=1S/C33H42FN5O4.ClH/c1-21(2)28-19-38(33(43)27-15-14-26(36-27)23-9-4-3-5-10-23)20-30(40)35-16-6-8-22-12-13-25(34)24(18-22)32(42)39-17-7-11-29(39)31(41)37-28;/h3-5,9-10,12-13,18,21,26-29,36H,6-8,11,14-17,19-20H2,1-2H3,(H,35,40)(H,37,41);1H/t26-,27-,28+,29+;/m1./s1. The number of carbonyl (C=O) groups excluding carboxylic acids is 4. The first-order valence-corrected chi connectivity index (χ1v) is 15.5. The first-order chi connectivity index (χ1) is 20.7. The molecule has 2 saturated heterocycles. The zero-order valence-electron chi connectivity index (χ0n) is 25.4. The Morgan fingerprint density at radius 3 is 2.52 bits per heavy atom. The maximum atomic E-state index is 14.8. The lowest BCUT2D eigenvalue weighted by molar-refractivity contribution is -0.138. The van der Waals surface area contributed by atoms with E-state index in [9.17, 15) is 23.6 Å². The highest BCUT2D eigenvalue weighted by Gasteiger charge is 2.38. The van der Waals surface area contributed by atoms with Crippen LogP contribution < -0.4 is 16.0 Å². The van der Waals surface area contributed by atoms with Gasteiger partial charge in [-0.2, -0.15) is 0 Å². The first-order valence-electron chi connectivity index (χ1n) is 15.5. The van der Waals surface area contributed by atoms with Gasteiger partial charge in [0.05, 0.1) is 18.2 Å². The summed E-state index contributed by atoms with van der Waals surface area (Å²) in [7, 11) is 0. The van der Waals surface area contributed by atoms with E-state index in [0.29, 0.717) is 45.2 Å². The van der Waals surface area contributed by atoms with Crippen molar-refractivity contribution in [3.8, 4) is 0 Å². The van der Waals surface area contributed by atoms with Gasteiger partial charge in [0.15, 0.2) is 0 Å². The predicted octanol–water partition coefficient (Wildman–Crippen LogP) is 3.38. The van der Waals surface area contributed by atoms with Gasteiger partial charge in [-0.05, 0) is 67.7 Å². The van der Waals surface area contributed by atoms with Crippen molar-refractivity contribution >= 4 is 36.0 Å². The van der Waals surface area contributed by atoms with E-state index < -0.39 is 29.8 Å². The molecule has 0 radical (unpaired) electrons. The Morgan fingerprint density at radius 1 is 1.00 bits per heavy atom. The summed E-state index contributed by atoms with van der Waals surface area (Å²) in [5.74, 6) is -1.94. The third kappa shape index (κ3) is 7.77. The Kier molecular flexibility index (Phi) is 11.4. The molecule has 0 spiro atoms. The van der Waals surface area contributed by atoms with E-state index in [1.165, 1.54) is 11.0 Å². The number of amides is 4. The molecule has 0 aromatic heterocycles. The molecule has 3 heterocycles. The average Bonchev–Trinajstić information content (AvgIpc) is 3.69. The lowest BCUT2D eigenvalue weighted by Gasteiger charge is -2.33. The number of hydrogen-bond acceptors (Lipinski definition) is 5. The van der Waals surface area contributed by atoms with Crippen molar-refractivity contribution < 1.29 is 23.6 Å². The molecule has 0 unspecified atom stereocenters. The van der Waals surface area contributed by atoms with Gasteiger partial charge in [-0.3, -0.25) is 24.5 Å². The van der Waals surface area contributed by atoms with Crippen molar-refractivity contribution in [2.75, 3.05) is 26.2 Å². The molecule has 4 amide bonds. The van der Waals surface area contributed by atoms with Crippen molar-refractivity contribution in [2.45, 2.75) is 76.5 Å². The number of benzene rings is 2. The Bertz CT molecular complexity index is 1340. The smallest absolute Gasteiger partial charge is 0.257 e. The van der Waals surface area contributed by atoms with Gasteiger partial charge in [-0.25, -0.2) is 4.39 Å². The number of nitrogens with one attached hydrogen (secondary N) is 3. The summed E-state index contributed by atoms with van der Waals surface area (Å²) in [4.78, 5) is 57.1. The van der Waals surface area contributed by atoms with E-state index in [-0.39, 0.29) is 60.7 Å². The van der Waals surface area contributed by atoms with Crippen LogP contribution in [-0.2, 0) is 20.8 Å². The number of aryl methyl sites for hydroxylation is 1. The highest BCUT2D eigenvalue weighted by atomic mass is 35.5. The maximum Gasteiger partial charge on any atom is 0.257 e. The van der Waals surface area contributed by atoms with Crippen LogP contribution in [0.5, 0.6) is 0 Å². The van der Waals surface area contributed by atoms with E-state index in [4.69, 9.17) is 0 Å². The summed E-state index contributed by atoms with van der Waals surface area (Å²) in [6.45, 7) is 4.67. The van der Waals surface area contributed by atoms with Gasteiger partial charge in [0, 0.05) is 31.7 Å². The average molecular weight is 628 g/mol. The topological polar surface area (TPSA) is 111 Å². The molecular weight excluding hydrogens is 585 g/mol. The normalized spacial score (nSPS) is 25.1. The van der Waals surface area contributed by atoms with Gasteiger partial charge in [-0.1, -0.05) is 50.2 Å². The van der Waals surface area contributed by atoms with Crippen molar-refractivity contribution in [2.24, 2.45) is 5.92 Å². The molecule has 2 aromatic rings. The summed E-state index contributed by atoms with van der Waals surface area (Å²) < 4.78 is 14.8. The summed E-state index contributed by atoms with van der Waals surface area (Å²) >= 11 is 0. The Balaban J connectivity index is 0.00000442. The van der Waals surface area contributed by atoms with Crippen LogP contribution in [0.2, 0.25) is 0 Å². The van der Waals surface area contributed by atoms with Gasteiger partial charge in [-0.15, -0.1) is 12.4 Å². The third-order valence-corrected chi connectivity index (χ3v) is 8.88. The van der Waals surface area contributed by atoms with Gasteiger partial charge in [0.25, 0.3) is 5.91 Å². The monoisotopic (exact) mass is 627 g/mol. The second kappa shape index (κ2) is 15.0. The highest BCUT2D eigenvalue weighted by molar-refractivity contribution is 5.98. The molecule has 2 fully saturated rings. The quantitative estimate of drug-likeness (QED) is 0.483. The van der Waals surface area contributed by atoms with Crippen molar-refractivity contribution in [1.82, 2.24) is 25.8 Å². The van der Waals surface area contributed by atoms with Crippen LogP contribution in [0, 0.1) is 11.7 Å². The SMILES string of the molecule is CC(C)[C@@H]1CN(C(=O)[C@H]2CC[C@H](c3ccccc3)N2)CC(=O)NCCCc2ccc(F)c(c2)C(=O)N2CCC[C@H]2C(=O)N1.Cl. The van der Waals surface area contributed by atoms with Gasteiger partial charge >= 0.3 is 0 Å². The lowest BCUT2D eigenvalue weighted by Crippen LogP contribution is -2.56. The summed E-state index contributed by atoms with van der Waals surface area (Å²) in [5.41, 5.74) is 1.86. The van der Waals surface area contributed by atoms with E-state index in [1.54, 1.807) is 17.0 Å². The molecule has 5 rings (SSSR count). The van der Waals surface area contributed by atoms with Gasteiger partial charge in [0.1, 0.15) is 11.9 Å². The third-order valence-electron chi connectivity index (χ3n) is 8.88. The van der Waals surface area contributed by atoms with Gasteiger partial charge < -0.3 is 20.4 Å².